The highest BCUT2D eigenvalue weighted by Gasteiger charge is 2.17. The van der Waals surface area contributed by atoms with Crippen molar-refractivity contribution in [3.8, 4) is 33.4 Å². The van der Waals surface area contributed by atoms with Gasteiger partial charge in [-0.1, -0.05) is 122 Å². The standard InChI is InChI=1S/C49H35NO2/c1-3-4-15-43-33(2)51-49-31-39(20-27-44(43)49)37-18-24-41(25-19-37)50(40-22-16-36(17-23-40)34-11-7-5-8-12-34)42-26-29-48-46(32-42)45-30-38(21-28-47(45)52-48)35-13-9-6-10-14-35/h3-32H,1H2,2H3/b15-4-. The van der Waals surface area contributed by atoms with E-state index in [2.05, 4.69) is 175 Å². The average molecular weight is 670 g/mol. The van der Waals surface area contributed by atoms with Crippen molar-refractivity contribution in [2.24, 2.45) is 0 Å². The topological polar surface area (TPSA) is 29.5 Å². The molecule has 7 aromatic carbocycles. The first-order valence-electron chi connectivity index (χ1n) is 17.5. The molecule has 0 aliphatic rings. The normalized spacial score (nSPS) is 11.6. The molecule has 0 bridgehead atoms. The molecule has 9 aromatic rings. The van der Waals surface area contributed by atoms with Crippen LogP contribution in [0.1, 0.15) is 11.3 Å². The first-order valence-corrected chi connectivity index (χ1v) is 17.5. The van der Waals surface area contributed by atoms with Gasteiger partial charge in [0, 0.05) is 38.8 Å². The molecule has 0 aliphatic heterocycles. The summed E-state index contributed by atoms with van der Waals surface area (Å²) in [4.78, 5) is 2.31. The van der Waals surface area contributed by atoms with E-state index in [4.69, 9.17) is 8.83 Å². The third kappa shape index (κ3) is 5.69. The molecular formula is C49H35NO2. The summed E-state index contributed by atoms with van der Waals surface area (Å²) >= 11 is 0. The van der Waals surface area contributed by atoms with Crippen LogP contribution in [0.5, 0.6) is 0 Å². The van der Waals surface area contributed by atoms with E-state index < -0.39 is 0 Å². The Hall–Kier alpha value is -6.84. The van der Waals surface area contributed by atoms with E-state index in [1.54, 1.807) is 6.08 Å². The zero-order valence-electron chi connectivity index (χ0n) is 28.8. The second kappa shape index (κ2) is 13.1. The van der Waals surface area contributed by atoms with Gasteiger partial charge in [0.1, 0.15) is 22.5 Å². The van der Waals surface area contributed by atoms with Gasteiger partial charge in [0.2, 0.25) is 0 Å². The molecule has 0 fully saturated rings. The Morgan fingerprint density at radius 3 is 1.60 bits per heavy atom. The van der Waals surface area contributed by atoms with Crippen LogP contribution in [0, 0.1) is 6.92 Å². The van der Waals surface area contributed by atoms with E-state index >= 15 is 0 Å². The first kappa shape index (κ1) is 31.2. The third-order valence-corrected chi connectivity index (χ3v) is 9.82. The fraction of sp³-hybridized carbons (Fsp3) is 0.0204. The SMILES string of the molecule is C=C/C=C\c1c(C)oc2cc(-c3ccc(N(c4ccc(-c5ccccc5)cc4)c4ccc5oc6ccc(-c7ccccc7)cc6c5c4)cc3)ccc12. The molecule has 0 atom stereocenters. The summed E-state index contributed by atoms with van der Waals surface area (Å²) in [7, 11) is 0. The smallest absolute Gasteiger partial charge is 0.135 e. The first-order chi connectivity index (χ1) is 25.6. The maximum absolute atomic E-state index is 6.34. The fourth-order valence-electron chi connectivity index (χ4n) is 7.19. The largest absolute Gasteiger partial charge is 0.461 e. The van der Waals surface area contributed by atoms with Crippen LogP contribution in [0.4, 0.5) is 17.1 Å². The van der Waals surface area contributed by atoms with Gasteiger partial charge in [-0.05, 0) is 107 Å². The number of rotatable bonds is 8. The minimum absolute atomic E-state index is 0.866. The molecule has 3 heteroatoms. The molecule has 0 N–H and O–H groups in total. The van der Waals surface area contributed by atoms with Gasteiger partial charge in [0.25, 0.3) is 0 Å². The van der Waals surface area contributed by atoms with Crippen LogP contribution in [-0.4, -0.2) is 0 Å². The number of hydrogen-bond acceptors (Lipinski definition) is 3. The molecule has 0 saturated carbocycles. The van der Waals surface area contributed by atoms with Gasteiger partial charge < -0.3 is 13.7 Å². The molecule has 3 nitrogen and oxygen atoms in total. The van der Waals surface area contributed by atoms with E-state index in [9.17, 15) is 0 Å². The number of hydrogen-bond donors (Lipinski definition) is 0. The van der Waals surface area contributed by atoms with Crippen molar-refractivity contribution in [2.75, 3.05) is 4.90 Å². The van der Waals surface area contributed by atoms with Crippen molar-refractivity contribution < 1.29 is 8.83 Å². The van der Waals surface area contributed by atoms with Gasteiger partial charge in [-0.25, -0.2) is 0 Å². The predicted molar refractivity (Wildman–Crippen MR) is 218 cm³/mol. The van der Waals surface area contributed by atoms with Gasteiger partial charge in [-0.15, -0.1) is 0 Å². The Labute approximate surface area is 303 Å². The summed E-state index contributed by atoms with van der Waals surface area (Å²) in [6.07, 6.45) is 5.78. The lowest BCUT2D eigenvalue weighted by molar-refractivity contribution is 0.577. The van der Waals surface area contributed by atoms with Gasteiger partial charge in [-0.2, -0.15) is 0 Å². The molecule has 248 valence electrons. The number of allylic oxidation sites excluding steroid dienone is 2. The van der Waals surface area contributed by atoms with Crippen molar-refractivity contribution in [3.05, 3.63) is 194 Å². The third-order valence-electron chi connectivity index (χ3n) is 9.82. The number of benzene rings is 7. The van der Waals surface area contributed by atoms with Crippen molar-refractivity contribution in [1.82, 2.24) is 0 Å². The second-order valence-corrected chi connectivity index (χ2v) is 13.0. The monoisotopic (exact) mass is 669 g/mol. The number of furan rings is 2. The van der Waals surface area contributed by atoms with Crippen molar-refractivity contribution in [1.29, 1.82) is 0 Å². The molecular weight excluding hydrogens is 635 g/mol. The lowest BCUT2D eigenvalue weighted by Gasteiger charge is -2.26. The number of aryl methyl sites for hydroxylation is 1. The average Bonchev–Trinajstić information content (AvgIpc) is 3.73. The highest BCUT2D eigenvalue weighted by Crippen LogP contribution is 2.41. The minimum atomic E-state index is 0.866. The summed E-state index contributed by atoms with van der Waals surface area (Å²) in [5, 5.41) is 3.27. The lowest BCUT2D eigenvalue weighted by Crippen LogP contribution is -2.09. The molecule has 0 amide bonds. The molecule has 2 aromatic heterocycles. The Bertz CT molecular complexity index is 2730. The predicted octanol–water partition coefficient (Wildman–Crippen LogP) is 14.3. The second-order valence-electron chi connectivity index (χ2n) is 13.0. The molecule has 0 radical (unpaired) electrons. The molecule has 0 aliphatic carbocycles. The van der Waals surface area contributed by atoms with Crippen molar-refractivity contribution in [3.63, 3.8) is 0 Å². The van der Waals surface area contributed by atoms with Crippen LogP contribution < -0.4 is 4.90 Å². The van der Waals surface area contributed by atoms with Gasteiger partial charge in [0.15, 0.2) is 0 Å². The quantitative estimate of drug-likeness (QED) is 0.151. The molecule has 0 unspecified atom stereocenters. The molecule has 52 heavy (non-hydrogen) atoms. The van der Waals surface area contributed by atoms with Gasteiger partial charge in [-0.3, -0.25) is 0 Å². The maximum Gasteiger partial charge on any atom is 0.135 e. The number of nitrogens with zero attached hydrogens (tertiary/aromatic N) is 1. The van der Waals surface area contributed by atoms with Crippen LogP contribution in [-0.2, 0) is 0 Å². The van der Waals surface area contributed by atoms with Crippen molar-refractivity contribution in [2.45, 2.75) is 6.92 Å². The Kier molecular flexibility index (Phi) is 7.87. The fourth-order valence-corrected chi connectivity index (χ4v) is 7.19. The molecule has 0 spiro atoms. The molecule has 2 heterocycles. The summed E-state index contributed by atoms with van der Waals surface area (Å²) in [6, 6.07) is 57.9. The number of fused-ring (bicyclic) bond motifs is 4. The summed E-state index contributed by atoms with van der Waals surface area (Å²) < 4.78 is 12.5. The maximum atomic E-state index is 6.34. The Balaban J connectivity index is 1.13. The molecule has 9 rings (SSSR count). The van der Waals surface area contributed by atoms with Crippen LogP contribution in [0.2, 0.25) is 0 Å². The Morgan fingerprint density at radius 1 is 0.442 bits per heavy atom. The minimum Gasteiger partial charge on any atom is -0.461 e. The lowest BCUT2D eigenvalue weighted by atomic mass is 10.0. The highest BCUT2D eigenvalue weighted by molar-refractivity contribution is 6.08. The highest BCUT2D eigenvalue weighted by atomic mass is 16.3. The zero-order chi connectivity index (χ0) is 35.0. The Morgan fingerprint density at radius 2 is 0.942 bits per heavy atom. The molecule has 0 saturated heterocycles. The van der Waals surface area contributed by atoms with Gasteiger partial charge in [0.05, 0.1) is 0 Å². The summed E-state index contributed by atoms with van der Waals surface area (Å²) in [5.41, 5.74) is 13.8. The van der Waals surface area contributed by atoms with Crippen LogP contribution in [0.15, 0.2) is 191 Å². The van der Waals surface area contributed by atoms with E-state index in [1.807, 2.05) is 19.1 Å². The van der Waals surface area contributed by atoms with E-state index in [0.717, 1.165) is 78.0 Å². The van der Waals surface area contributed by atoms with E-state index in [0.29, 0.717) is 0 Å². The van der Waals surface area contributed by atoms with Crippen molar-refractivity contribution >= 4 is 56.0 Å². The summed E-state index contributed by atoms with van der Waals surface area (Å²) in [5.74, 6) is 0.896. The van der Waals surface area contributed by atoms with E-state index in [1.165, 1.54) is 16.7 Å². The summed E-state index contributed by atoms with van der Waals surface area (Å²) in [6.45, 7) is 5.81. The van der Waals surface area contributed by atoms with E-state index in [-0.39, 0.29) is 0 Å². The zero-order valence-corrected chi connectivity index (χ0v) is 28.8. The number of anilines is 3. The van der Waals surface area contributed by atoms with Crippen LogP contribution in [0.3, 0.4) is 0 Å². The van der Waals surface area contributed by atoms with Crippen LogP contribution >= 0.6 is 0 Å². The van der Waals surface area contributed by atoms with Gasteiger partial charge >= 0.3 is 0 Å². The van der Waals surface area contributed by atoms with Crippen LogP contribution in [0.25, 0.3) is 72.4 Å².